The molecular weight excluding hydrogens is 358 g/mol. The fourth-order valence-corrected chi connectivity index (χ4v) is 3.21. The van der Waals surface area contributed by atoms with Crippen molar-refractivity contribution in [2.24, 2.45) is 0 Å². The van der Waals surface area contributed by atoms with Crippen molar-refractivity contribution in [3.05, 3.63) is 70.3 Å². The number of hydrogen-bond donors (Lipinski definition) is 0. The molecule has 0 bridgehead atoms. The van der Waals surface area contributed by atoms with Crippen molar-refractivity contribution in [3.8, 4) is 0 Å². The lowest BCUT2D eigenvalue weighted by atomic mass is 9.99. The van der Waals surface area contributed by atoms with Crippen LogP contribution in [0.4, 0.5) is 0 Å². The zero-order valence-electron chi connectivity index (χ0n) is 16.2. The van der Waals surface area contributed by atoms with E-state index in [-0.39, 0.29) is 16.9 Å². The summed E-state index contributed by atoms with van der Waals surface area (Å²) in [5, 5.41) is 0. The Morgan fingerprint density at radius 2 is 1.50 bits per heavy atom. The summed E-state index contributed by atoms with van der Waals surface area (Å²) in [6, 6.07) is 10.7. The van der Waals surface area contributed by atoms with Gasteiger partial charge in [-0.2, -0.15) is 0 Å². The first-order valence-corrected chi connectivity index (χ1v) is 9.01. The molecule has 0 saturated heterocycles. The van der Waals surface area contributed by atoms with Gasteiger partial charge in [0, 0.05) is 5.56 Å². The van der Waals surface area contributed by atoms with Crippen molar-refractivity contribution in [2.75, 3.05) is 0 Å². The summed E-state index contributed by atoms with van der Waals surface area (Å²) in [4.78, 5) is 51.1. The lowest BCUT2D eigenvalue weighted by Gasteiger charge is -2.23. The third-order valence-electron chi connectivity index (χ3n) is 4.87. The molecule has 1 heterocycles. The maximum atomic E-state index is 12.7. The van der Waals surface area contributed by atoms with Crippen molar-refractivity contribution in [3.63, 3.8) is 0 Å². The first kappa shape index (κ1) is 19.5. The second-order valence-electron chi connectivity index (χ2n) is 6.96. The van der Waals surface area contributed by atoms with E-state index in [1.54, 1.807) is 30.3 Å². The molecule has 0 fully saturated rings. The van der Waals surface area contributed by atoms with E-state index in [0.717, 1.165) is 16.0 Å². The SMILES string of the molecule is Cc1ccc(C)c(C(=O)C(C)OC(=O)C(C)N2C(=O)c3ccccc3C2=O)c1. The van der Waals surface area contributed by atoms with Gasteiger partial charge < -0.3 is 4.74 Å². The van der Waals surface area contributed by atoms with Gasteiger partial charge in [0.25, 0.3) is 11.8 Å². The average Bonchev–Trinajstić information content (AvgIpc) is 2.93. The van der Waals surface area contributed by atoms with E-state index < -0.39 is 29.9 Å². The summed E-state index contributed by atoms with van der Waals surface area (Å²) in [6.45, 7) is 6.58. The molecule has 6 nitrogen and oxygen atoms in total. The summed E-state index contributed by atoms with van der Waals surface area (Å²) >= 11 is 0. The zero-order chi connectivity index (χ0) is 20.6. The van der Waals surface area contributed by atoms with E-state index in [0.29, 0.717) is 5.56 Å². The number of amides is 2. The smallest absolute Gasteiger partial charge is 0.329 e. The Labute approximate surface area is 163 Å². The van der Waals surface area contributed by atoms with Crippen LogP contribution in [0.1, 0.15) is 56.0 Å². The van der Waals surface area contributed by atoms with Crippen LogP contribution in [0.5, 0.6) is 0 Å². The molecule has 2 atom stereocenters. The maximum absolute atomic E-state index is 12.7. The van der Waals surface area contributed by atoms with Gasteiger partial charge in [0.15, 0.2) is 6.10 Å². The van der Waals surface area contributed by atoms with Gasteiger partial charge >= 0.3 is 5.97 Å². The minimum Gasteiger partial charge on any atom is -0.453 e. The number of carbonyl (C=O) groups excluding carboxylic acids is 4. The molecule has 2 aromatic carbocycles. The number of imide groups is 1. The van der Waals surface area contributed by atoms with Crippen molar-refractivity contribution in [2.45, 2.75) is 39.8 Å². The molecule has 6 heteroatoms. The number of ether oxygens (including phenoxy) is 1. The number of fused-ring (bicyclic) bond motifs is 1. The van der Waals surface area contributed by atoms with Crippen molar-refractivity contribution < 1.29 is 23.9 Å². The van der Waals surface area contributed by atoms with Crippen molar-refractivity contribution in [1.29, 1.82) is 0 Å². The summed E-state index contributed by atoms with van der Waals surface area (Å²) in [5.41, 5.74) is 2.70. The normalized spacial score (nSPS) is 15.2. The first-order chi connectivity index (χ1) is 13.2. The number of carbonyl (C=O) groups is 4. The number of benzene rings is 2. The van der Waals surface area contributed by atoms with E-state index in [1.807, 2.05) is 26.0 Å². The number of aryl methyl sites for hydroxylation is 2. The molecule has 144 valence electrons. The Hall–Kier alpha value is -3.28. The Bertz CT molecular complexity index is 959. The fourth-order valence-electron chi connectivity index (χ4n) is 3.21. The van der Waals surface area contributed by atoms with Gasteiger partial charge in [-0.1, -0.05) is 29.8 Å². The standard InChI is InChI=1S/C22H21NO5/c1-12-9-10-13(2)18(11-12)19(24)15(4)28-22(27)14(3)23-20(25)16-7-5-6-8-17(16)21(23)26/h5-11,14-15H,1-4H3. The highest BCUT2D eigenvalue weighted by molar-refractivity contribution is 6.22. The monoisotopic (exact) mass is 379 g/mol. The molecule has 0 spiro atoms. The summed E-state index contributed by atoms with van der Waals surface area (Å²) in [7, 11) is 0. The van der Waals surface area contributed by atoms with Gasteiger partial charge in [-0.3, -0.25) is 19.3 Å². The minimum absolute atomic E-state index is 0.256. The molecule has 0 aromatic heterocycles. The quantitative estimate of drug-likeness (QED) is 0.453. The van der Waals surface area contributed by atoms with E-state index in [4.69, 9.17) is 4.74 Å². The highest BCUT2D eigenvalue weighted by Crippen LogP contribution is 2.25. The number of ketones is 1. The summed E-state index contributed by atoms with van der Waals surface area (Å²) in [5.74, 6) is -2.22. The van der Waals surface area contributed by atoms with E-state index in [1.165, 1.54) is 13.8 Å². The van der Waals surface area contributed by atoms with Crippen LogP contribution in [-0.2, 0) is 9.53 Å². The van der Waals surface area contributed by atoms with Crippen LogP contribution < -0.4 is 0 Å². The number of nitrogens with zero attached hydrogens (tertiary/aromatic N) is 1. The molecule has 28 heavy (non-hydrogen) atoms. The van der Waals surface area contributed by atoms with Gasteiger partial charge in [-0.25, -0.2) is 4.79 Å². The molecule has 3 rings (SSSR count). The maximum Gasteiger partial charge on any atom is 0.329 e. The van der Waals surface area contributed by atoms with Crippen molar-refractivity contribution in [1.82, 2.24) is 4.90 Å². The van der Waals surface area contributed by atoms with E-state index in [2.05, 4.69) is 0 Å². The Balaban J connectivity index is 1.74. The second-order valence-corrected chi connectivity index (χ2v) is 6.96. The van der Waals surface area contributed by atoms with Crippen molar-refractivity contribution >= 4 is 23.6 Å². The average molecular weight is 379 g/mol. The highest BCUT2D eigenvalue weighted by Gasteiger charge is 2.41. The van der Waals surface area contributed by atoms with Gasteiger partial charge in [0.2, 0.25) is 5.78 Å². The minimum atomic E-state index is -1.14. The molecule has 2 aromatic rings. The second kappa shape index (κ2) is 7.38. The first-order valence-electron chi connectivity index (χ1n) is 9.01. The Kier molecular flexibility index (Phi) is 5.14. The van der Waals surface area contributed by atoms with E-state index >= 15 is 0 Å². The predicted molar refractivity (Wildman–Crippen MR) is 102 cm³/mol. The van der Waals surface area contributed by atoms with Crippen LogP contribution >= 0.6 is 0 Å². The highest BCUT2D eigenvalue weighted by atomic mass is 16.5. The van der Waals surface area contributed by atoms with E-state index in [9.17, 15) is 19.2 Å². The topological polar surface area (TPSA) is 80.8 Å². The molecule has 0 N–H and O–H groups in total. The van der Waals surface area contributed by atoms with Crippen LogP contribution in [0, 0.1) is 13.8 Å². The molecule has 2 amide bonds. The molecule has 0 radical (unpaired) electrons. The number of esters is 1. The summed E-state index contributed by atoms with van der Waals surface area (Å²) in [6.07, 6.45) is -1.04. The predicted octanol–water partition coefficient (Wildman–Crippen LogP) is 3.10. The Morgan fingerprint density at radius 1 is 0.929 bits per heavy atom. The lowest BCUT2D eigenvalue weighted by molar-refractivity contribution is -0.150. The third-order valence-corrected chi connectivity index (χ3v) is 4.87. The van der Waals surface area contributed by atoms with Crippen LogP contribution in [-0.4, -0.2) is 40.6 Å². The molecule has 1 aliphatic heterocycles. The molecule has 0 saturated carbocycles. The lowest BCUT2D eigenvalue weighted by Crippen LogP contribution is -2.45. The van der Waals surface area contributed by atoms with Crippen LogP contribution in [0.15, 0.2) is 42.5 Å². The molecular formula is C22H21NO5. The zero-order valence-corrected chi connectivity index (χ0v) is 16.2. The van der Waals surface area contributed by atoms with Crippen LogP contribution in [0.25, 0.3) is 0 Å². The van der Waals surface area contributed by atoms with Crippen LogP contribution in [0.3, 0.4) is 0 Å². The van der Waals surface area contributed by atoms with Gasteiger partial charge in [-0.05, 0) is 51.5 Å². The molecule has 0 aliphatic carbocycles. The molecule has 2 unspecified atom stereocenters. The van der Waals surface area contributed by atoms with Gasteiger partial charge in [0.05, 0.1) is 11.1 Å². The summed E-state index contributed by atoms with van der Waals surface area (Å²) < 4.78 is 5.30. The van der Waals surface area contributed by atoms with Gasteiger partial charge in [0.1, 0.15) is 6.04 Å². The number of rotatable bonds is 5. The van der Waals surface area contributed by atoms with Gasteiger partial charge in [-0.15, -0.1) is 0 Å². The van der Waals surface area contributed by atoms with Crippen LogP contribution in [0.2, 0.25) is 0 Å². The molecule has 1 aliphatic rings. The third kappa shape index (κ3) is 3.33. The number of Topliss-reactive ketones (excluding diaryl/α,β-unsaturated/α-hetero) is 1. The fraction of sp³-hybridized carbons (Fsp3) is 0.273. The number of hydrogen-bond acceptors (Lipinski definition) is 5. The Morgan fingerprint density at radius 3 is 2.07 bits per heavy atom. The largest absolute Gasteiger partial charge is 0.453 e.